The number of thiophene rings is 1. The van der Waals surface area contributed by atoms with Crippen molar-refractivity contribution in [2.24, 2.45) is 5.73 Å². The van der Waals surface area contributed by atoms with E-state index in [-0.39, 0.29) is 5.54 Å². The molecule has 1 aliphatic rings. The second kappa shape index (κ2) is 3.44. The first kappa shape index (κ1) is 10.1. The fourth-order valence-corrected chi connectivity index (χ4v) is 3.49. The van der Waals surface area contributed by atoms with Gasteiger partial charge in [-0.3, -0.25) is 0 Å². The van der Waals surface area contributed by atoms with Gasteiger partial charge in [0.05, 0.1) is 5.54 Å². The molecule has 2 heteroatoms. The lowest BCUT2D eigenvalue weighted by Crippen LogP contribution is -2.36. The maximum Gasteiger partial charge on any atom is 0.0585 e. The summed E-state index contributed by atoms with van der Waals surface area (Å²) in [4.78, 5) is 2.66. The highest BCUT2D eigenvalue weighted by Crippen LogP contribution is 2.38. The molecule has 1 aromatic carbocycles. The van der Waals surface area contributed by atoms with E-state index in [2.05, 4.69) is 43.3 Å². The van der Waals surface area contributed by atoms with Crippen LogP contribution in [-0.2, 0) is 18.4 Å². The van der Waals surface area contributed by atoms with Crippen LogP contribution in [0, 0.1) is 6.92 Å². The molecule has 0 radical (unpaired) electrons. The zero-order valence-electron chi connectivity index (χ0n) is 9.36. The quantitative estimate of drug-likeness (QED) is 0.799. The van der Waals surface area contributed by atoms with Crippen LogP contribution >= 0.6 is 11.3 Å². The SMILES string of the molecule is Cc1ccc(C2(N)Cc3ccccc3C2)s1. The summed E-state index contributed by atoms with van der Waals surface area (Å²) in [5.41, 5.74) is 9.22. The van der Waals surface area contributed by atoms with E-state index in [0.29, 0.717) is 0 Å². The molecular weight excluding hydrogens is 214 g/mol. The maximum absolute atomic E-state index is 6.55. The summed E-state index contributed by atoms with van der Waals surface area (Å²) >= 11 is 1.83. The minimum absolute atomic E-state index is 0.164. The van der Waals surface area contributed by atoms with E-state index in [4.69, 9.17) is 5.73 Å². The van der Waals surface area contributed by atoms with Gasteiger partial charge in [0.25, 0.3) is 0 Å². The number of hydrogen-bond donors (Lipinski definition) is 1. The highest BCUT2D eigenvalue weighted by Gasteiger charge is 2.35. The molecule has 0 bridgehead atoms. The fraction of sp³-hybridized carbons (Fsp3) is 0.286. The largest absolute Gasteiger partial charge is 0.320 e. The topological polar surface area (TPSA) is 26.0 Å². The van der Waals surface area contributed by atoms with Gasteiger partial charge in [0.2, 0.25) is 0 Å². The van der Waals surface area contributed by atoms with Crippen LogP contribution in [0.3, 0.4) is 0 Å². The molecule has 0 saturated carbocycles. The molecule has 2 N–H and O–H groups in total. The van der Waals surface area contributed by atoms with E-state index >= 15 is 0 Å². The predicted molar refractivity (Wildman–Crippen MR) is 68.8 cm³/mol. The standard InChI is InChI=1S/C14H15NS/c1-10-6-7-13(16-10)14(15)8-11-4-2-3-5-12(11)9-14/h2-7H,8-9,15H2,1H3. The summed E-state index contributed by atoms with van der Waals surface area (Å²) in [6.45, 7) is 2.14. The van der Waals surface area contributed by atoms with Crippen LogP contribution in [0.15, 0.2) is 36.4 Å². The lowest BCUT2D eigenvalue weighted by atomic mass is 9.95. The Bertz CT molecular complexity index is 502. The van der Waals surface area contributed by atoms with Crippen molar-refractivity contribution >= 4 is 11.3 Å². The van der Waals surface area contributed by atoms with Crippen LogP contribution in [0.1, 0.15) is 20.9 Å². The Morgan fingerprint density at radius 3 is 2.19 bits per heavy atom. The molecule has 82 valence electrons. The highest BCUT2D eigenvalue weighted by atomic mass is 32.1. The van der Waals surface area contributed by atoms with Gasteiger partial charge < -0.3 is 5.73 Å². The molecule has 1 aromatic heterocycles. The van der Waals surface area contributed by atoms with Crippen LogP contribution in [-0.4, -0.2) is 0 Å². The Hall–Kier alpha value is -1.12. The molecular formula is C14H15NS. The number of hydrogen-bond acceptors (Lipinski definition) is 2. The second-order valence-electron chi connectivity index (χ2n) is 4.69. The van der Waals surface area contributed by atoms with Gasteiger partial charge in [0.1, 0.15) is 0 Å². The molecule has 2 aromatic rings. The van der Waals surface area contributed by atoms with Gasteiger partial charge in [-0.05, 0) is 43.0 Å². The smallest absolute Gasteiger partial charge is 0.0585 e. The lowest BCUT2D eigenvalue weighted by Gasteiger charge is -2.21. The molecule has 1 nitrogen and oxygen atoms in total. The van der Waals surface area contributed by atoms with E-state index in [1.807, 2.05) is 11.3 Å². The van der Waals surface area contributed by atoms with E-state index in [9.17, 15) is 0 Å². The second-order valence-corrected chi connectivity index (χ2v) is 5.98. The summed E-state index contributed by atoms with van der Waals surface area (Å²) in [6, 6.07) is 13.0. The van der Waals surface area contributed by atoms with E-state index < -0.39 is 0 Å². The Balaban J connectivity index is 2.00. The number of nitrogens with two attached hydrogens (primary N) is 1. The molecule has 0 amide bonds. The molecule has 1 aliphatic carbocycles. The van der Waals surface area contributed by atoms with Crippen molar-refractivity contribution in [3.8, 4) is 0 Å². The van der Waals surface area contributed by atoms with E-state index in [1.165, 1.54) is 20.9 Å². The fourth-order valence-electron chi connectivity index (χ4n) is 2.52. The molecule has 3 rings (SSSR count). The number of fused-ring (bicyclic) bond motifs is 1. The van der Waals surface area contributed by atoms with Gasteiger partial charge in [-0.1, -0.05) is 24.3 Å². The molecule has 1 heterocycles. The van der Waals surface area contributed by atoms with Crippen molar-refractivity contribution in [3.05, 3.63) is 57.3 Å². The minimum Gasteiger partial charge on any atom is -0.320 e. The Kier molecular flexibility index (Phi) is 2.16. The van der Waals surface area contributed by atoms with Gasteiger partial charge in [0, 0.05) is 9.75 Å². The summed E-state index contributed by atoms with van der Waals surface area (Å²) in [5, 5.41) is 0. The van der Waals surface area contributed by atoms with Gasteiger partial charge in [-0.25, -0.2) is 0 Å². The summed E-state index contributed by atoms with van der Waals surface area (Å²) < 4.78 is 0. The Morgan fingerprint density at radius 1 is 1.06 bits per heavy atom. The third-order valence-corrected chi connectivity index (χ3v) is 4.58. The first-order valence-electron chi connectivity index (χ1n) is 5.60. The minimum atomic E-state index is -0.164. The number of benzene rings is 1. The van der Waals surface area contributed by atoms with Crippen LogP contribution in [0.2, 0.25) is 0 Å². The van der Waals surface area contributed by atoms with Crippen LogP contribution in [0.5, 0.6) is 0 Å². The third-order valence-electron chi connectivity index (χ3n) is 3.36. The summed E-state index contributed by atoms with van der Waals surface area (Å²) in [6.07, 6.45) is 1.95. The lowest BCUT2D eigenvalue weighted by molar-refractivity contribution is 0.483. The van der Waals surface area contributed by atoms with Crippen LogP contribution < -0.4 is 5.73 Å². The molecule has 16 heavy (non-hydrogen) atoms. The molecule has 0 spiro atoms. The average molecular weight is 229 g/mol. The van der Waals surface area contributed by atoms with E-state index in [1.54, 1.807) is 0 Å². The number of rotatable bonds is 1. The van der Waals surface area contributed by atoms with Crippen LogP contribution in [0.4, 0.5) is 0 Å². The van der Waals surface area contributed by atoms with Gasteiger partial charge in [0.15, 0.2) is 0 Å². The number of aryl methyl sites for hydroxylation is 1. The van der Waals surface area contributed by atoms with Gasteiger partial charge >= 0.3 is 0 Å². The van der Waals surface area contributed by atoms with Gasteiger partial charge in [-0.15, -0.1) is 11.3 Å². The monoisotopic (exact) mass is 229 g/mol. The van der Waals surface area contributed by atoms with Gasteiger partial charge in [-0.2, -0.15) is 0 Å². The van der Waals surface area contributed by atoms with Crippen LogP contribution in [0.25, 0.3) is 0 Å². The molecule has 0 aliphatic heterocycles. The highest BCUT2D eigenvalue weighted by molar-refractivity contribution is 7.12. The predicted octanol–water partition coefficient (Wildman–Crippen LogP) is 3.01. The zero-order valence-corrected chi connectivity index (χ0v) is 10.2. The normalized spacial score (nSPS) is 17.4. The van der Waals surface area contributed by atoms with Crippen molar-refractivity contribution < 1.29 is 0 Å². The molecule has 0 atom stereocenters. The first-order chi connectivity index (χ1) is 7.67. The Morgan fingerprint density at radius 2 is 1.69 bits per heavy atom. The van der Waals surface area contributed by atoms with E-state index in [0.717, 1.165) is 12.8 Å². The van der Waals surface area contributed by atoms with Crippen molar-refractivity contribution in [3.63, 3.8) is 0 Å². The Labute approximate surface area is 99.9 Å². The maximum atomic E-state index is 6.55. The third kappa shape index (κ3) is 1.49. The molecule has 0 fully saturated rings. The van der Waals surface area contributed by atoms with Crippen molar-refractivity contribution in [2.45, 2.75) is 25.3 Å². The van der Waals surface area contributed by atoms with Crippen molar-refractivity contribution in [1.29, 1.82) is 0 Å². The molecule has 0 saturated heterocycles. The molecule has 0 unspecified atom stereocenters. The average Bonchev–Trinajstić information content (AvgIpc) is 2.81. The summed E-state index contributed by atoms with van der Waals surface area (Å²) in [5.74, 6) is 0. The van der Waals surface area contributed by atoms with Crippen molar-refractivity contribution in [1.82, 2.24) is 0 Å². The van der Waals surface area contributed by atoms with Crippen molar-refractivity contribution in [2.75, 3.05) is 0 Å². The zero-order chi connectivity index (χ0) is 11.2. The first-order valence-corrected chi connectivity index (χ1v) is 6.42. The summed E-state index contributed by atoms with van der Waals surface area (Å²) in [7, 11) is 0.